The number of benzene rings is 2. The number of rotatable bonds is 3. The number of nitrogens with one attached hydrogen (secondary N) is 1. The summed E-state index contributed by atoms with van der Waals surface area (Å²) >= 11 is 6.39. The van der Waals surface area contributed by atoms with Crippen molar-refractivity contribution in [3.05, 3.63) is 64.7 Å². The van der Waals surface area contributed by atoms with Gasteiger partial charge >= 0.3 is 5.97 Å². The molecule has 0 saturated heterocycles. The molecule has 242 valence electrons. The molecule has 2 aliphatic carbocycles. The van der Waals surface area contributed by atoms with Gasteiger partial charge in [-0.3, -0.25) is 4.79 Å². The van der Waals surface area contributed by atoms with E-state index in [2.05, 4.69) is 15.7 Å². The molecular weight excluding hydrogens is 620 g/mol. The van der Waals surface area contributed by atoms with Gasteiger partial charge in [-0.25, -0.2) is 17.9 Å². The summed E-state index contributed by atoms with van der Waals surface area (Å²) in [5.74, 6) is -1.10. The number of anilines is 1. The third-order valence-corrected chi connectivity index (χ3v) is 11.3. The van der Waals surface area contributed by atoms with E-state index in [-0.39, 0.29) is 28.8 Å². The highest BCUT2D eigenvalue weighted by molar-refractivity contribution is 7.90. The van der Waals surface area contributed by atoms with E-state index >= 15 is 0 Å². The smallest absolute Gasteiger partial charge is 0.329 e. The van der Waals surface area contributed by atoms with Crippen molar-refractivity contribution in [1.82, 2.24) is 4.72 Å². The number of carboxylic acids is 1. The average Bonchev–Trinajstić information content (AvgIpc) is 3.12. The van der Waals surface area contributed by atoms with Gasteiger partial charge in [0.05, 0.1) is 29.9 Å². The van der Waals surface area contributed by atoms with E-state index in [0.29, 0.717) is 36.2 Å². The van der Waals surface area contributed by atoms with Crippen molar-refractivity contribution < 1.29 is 37.3 Å². The topological polar surface area (TPSA) is 131 Å². The van der Waals surface area contributed by atoms with Gasteiger partial charge in [-0.1, -0.05) is 29.8 Å². The van der Waals surface area contributed by atoms with Crippen molar-refractivity contribution in [2.75, 3.05) is 37.8 Å². The van der Waals surface area contributed by atoms with E-state index in [1.54, 1.807) is 24.3 Å². The number of aliphatic carboxylic acids is 1. The van der Waals surface area contributed by atoms with Crippen LogP contribution in [-0.4, -0.2) is 70.0 Å². The van der Waals surface area contributed by atoms with Gasteiger partial charge in [-0.2, -0.15) is 0 Å². The van der Waals surface area contributed by atoms with Gasteiger partial charge in [0.2, 0.25) is 0 Å². The van der Waals surface area contributed by atoms with Crippen LogP contribution < -0.4 is 14.4 Å². The molecule has 4 aliphatic rings. The van der Waals surface area contributed by atoms with Crippen molar-refractivity contribution in [2.45, 2.75) is 68.0 Å². The summed E-state index contributed by atoms with van der Waals surface area (Å²) < 4.78 is 47.3. The predicted octanol–water partition coefficient (Wildman–Crippen LogP) is 4.48. The normalized spacial score (nSPS) is 28.9. The zero-order valence-electron chi connectivity index (χ0n) is 25.5. The van der Waals surface area contributed by atoms with Crippen LogP contribution in [0.25, 0.3) is 0 Å². The monoisotopic (exact) mass is 658 g/mol. The molecule has 12 heteroatoms. The Labute approximate surface area is 268 Å². The molecule has 10 nitrogen and oxygen atoms in total. The van der Waals surface area contributed by atoms with E-state index in [4.69, 9.17) is 25.8 Å². The number of halogens is 1. The highest BCUT2D eigenvalue weighted by Crippen LogP contribution is 2.47. The number of carboxylic acid groups (broad SMARTS) is 1. The lowest BCUT2D eigenvalue weighted by Gasteiger charge is -2.46. The van der Waals surface area contributed by atoms with Crippen LogP contribution in [0, 0.1) is 11.8 Å². The number of aryl methyl sites for hydroxylation is 1. The van der Waals surface area contributed by atoms with Gasteiger partial charge in [0.15, 0.2) is 0 Å². The van der Waals surface area contributed by atoms with Gasteiger partial charge in [0, 0.05) is 23.5 Å². The molecular formula is C33H39ClN2O8S. The Balaban J connectivity index is 1.43. The molecule has 2 N–H and O–H groups in total. The van der Waals surface area contributed by atoms with Crippen LogP contribution in [0.5, 0.6) is 5.75 Å². The van der Waals surface area contributed by atoms with E-state index in [1.807, 2.05) is 12.1 Å². The summed E-state index contributed by atoms with van der Waals surface area (Å²) in [6.45, 7) is 4.17. The number of hydrogen-bond donors (Lipinski definition) is 2. The maximum Gasteiger partial charge on any atom is 0.329 e. The van der Waals surface area contributed by atoms with Crippen molar-refractivity contribution in [3.8, 4) is 5.75 Å². The Bertz CT molecular complexity index is 1630. The third-order valence-electron chi connectivity index (χ3n) is 9.71. The molecule has 1 amide bonds. The first-order valence-electron chi connectivity index (χ1n) is 15.4. The summed E-state index contributed by atoms with van der Waals surface area (Å²) in [5.41, 5.74) is 1.20. The van der Waals surface area contributed by atoms with Gasteiger partial charge in [0.1, 0.15) is 18.0 Å². The van der Waals surface area contributed by atoms with E-state index < -0.39 is 40.2 Å². The van der Waals surface area contributed by atoms with Crippen molar-refractivity contribution in [2.24, 2.45) is 11.8 Å². The van der Waals surface area contributed by atoms with Crippen LogP contribution in [0.2, 0.25) is 5.02 Å². The maximum absolute atomic E-state index is 13.5. The SMILES string of the molecule is CC1(C)OCC=C[C@H](OCC(=O)O)[C@@H]2CC[C@H]2CN2C[C@@]3(CCCc4cc(Cl)ccc43)COc3ccc(cc32)S(=O)(=O)NC1=O. The van der Waals surface area contributed by atoms with E-state index in [9.17, 15) is 23.1 Å². The number of carbonyl (C=O) groups is 2. The van der Waals surface area contributed by atoms with E-state index in [1.165, 1.54) is 31.0 Å². The molecule has 6 rings (SSSR count). The average molecular weight is 659 g/mol. The minimum atomic E-state index is -4.23. The fourth-order valence-electron chi connectivity index (χ4n) is 7.10. The second-order valence-corrected chi connectivity index (χ2v) is 15.2. The second kappa shape index (κ2) is 12.2. The van der Waals surface area contributed by atoms with Crippen molar-refractivity contribution >= 4 is 39.2 Å². The lowest BCUT2D eigenvalue weighted by molar-refractivity contribution is -0.145. The Morgan fingerprint density at radius 3 is 2.78 bits per heavy atom. The number of sulfonamides is 1. The number of carbonyl (C=O) groups excluding carboxylic acids is 1. The van der Waals surface area contributed by atoms with Crippen LogP contribution in [0.1, 0.15) is 50.7 Å². The fraction of sp³-hybridized carbons (Fsp3) is 0.515. The van der Waals surface area contributed by atoms with Gasteiger partial charge in [-0.15, -0.1) is 0 Å². The second-order valence-electron chi connectivity index (χ2n) is 13.1. The van der Waals surface area contributed by atoms with Gasteiger partial charge in [-0.05, 0) is 99.2 Å². The van der Waals surface area contributed by atoms with Crippen molar-refractivity contribution in [3.63, 3.8) is 0 Å². The number of nitrogens with zero attached hydrogens (tertiary/aromatic N) is 1. The molecule has 1 fully saturated rings. The lowest BCUT2D eigenvalue weighted by Crippen LogP contribution is -2.50. The van der Waals surface area contributed by atoms with Crippen molar-refractivity contribution in [1.29, 1.82) is 0 Å². The lowest BCUT2D eigenvalue weighted by atomic mass is 9.68. The number of hydrogen-bond acceptors (Lipinski definition) is 8. The number of amides is 1. The summed E-state index contributed by atoms with van der Waals surface area (Å²) in [4.78, 5) is 26.7. The molecule has 0 radical (unpaired) electrons. The maximum atomic E-state index is 13.5. The Kier molecular flexibility index (Phi) is 8.66. The highest BCUT2D eigenvalue weighted by Gasteiger charge is 2.45. The first-order valence-corrected chi connectivity index (χ1v) is 17.2. The standard InChI is InChI=1S/C33H39ClN2O8S/c1-32(2)31(39)35-45(40,41)24-9-12-29-27(16-24)36(17-22-7-10-25(22)28(6-4-14-44-32)42-18-30(37)38)19-33(20-43-29)13-3-5-21-15-23(34)8-11-26(21)33/h4,6,8-9,11-12,15-16,22,25,28H,3,5,7,10,13-14,17-20H2,1-2H3,(H,35,39)(H,37,38)/t22-,25+,28-,33-/m0/s1. The van der Waals surface area contributed by atoms with Crippen LogP contribution in [0.3, 0.4) is 0 Å². The Hall–Kier alpha value is -3.12. The minimum Gasteiger partial charge on any atom is -0.490 e. The molecule has 1 spiro atoms. The zero-order chi connectivity index (χ0) is 32.0. The van der Waals surface area contributed by atoms with Crippen LogP contribution in [0.4, 0.5) is 5.69 Å². The largest absolute Gasteiger partial charge is 0.490 e. The molecule has 2 aromatic carbocycles. The molecule has 2 heterocycles. The zero-order valence-corrected chi connectivity index (χ0v) is 27.0. The molecule has 4 atom stereocenters. The van der Waals surface area contributed by atoms with Crippen LogP contribution in [0.15, 0.2) is 53.4 Å². The third kappa shape index (κ3) is 6.45. The molecule has 2 aromatic rings. The Morgan fingerprint density at radius 2 is 2.02 bits per heavy atom. The number of fused-ring (bicyclic) bond motifs is 4. The molecule has 45 heavy (non-hydrogen) atoms. The van der Waals surface area contributed by atoms with Gasteiger partial charge in [0.25, 0.3) is 15.9 Å². The first-order chi connectivity index (χ1) is 21.4. The van der Waals surface area contributed by atoms with Gasteiger partial charge < -0.3 is 24.2 Å². The van der Waals surface area contributed by atoms with E-state index in [0.717, 1.165) is 32.1 Å². The molecule has 1 saturated carbocycles. The molecule has 0 unspecified atom stereocenters. The summed E-state index contributed by atoms with van der Waals surface area (Å²) in [5, 5.41) is 10.0. The Morgan fingerprint density at radius 1 is 1.20 bits per heavy atom. The summed E-state index contributed by atoms with van der Waals surface area (Å²) in [6, 6.07) is 10.7. The first kappa shape index (κ1) is 31.8. The summed E-state index contributed by atoms with van der Waals surface area (Å²) in [7, 11) is -4.23. The quantitative estimate of drug-likeness (QED) is 0.459. The van der Waals surface area contributed by atoms with Crippen LogP contribution >= 0.6 is 11.6 Å². The molecule has 0 aromatic heterocycles. The molecule has 2 bridgehead atoms. The number of ether oxygens (including phenoxy) is 3. The summed E-state index contributed by atoms with van der Waals surface area (Å²) in [6.07, 6.45) is 7.59. The minimum absolute atomic E-state index is 0.0129. The molecule has 2 aliphatic heterocycles. The highest BCUT2D eigenvalue weighted by atomic mass is 35.5. The predicted molar refractivity (Wildman–Crippen MR) is 168 cm³/mol. The fourth-order valence-corrected chi connectivity index (χ4v) is 8.42. The van der Waals surface area contributed by atoms with Crippen LogP contribution in [-0.2, 0) is 40.9 Å².